The first-order valence-corrected chi connectivity index (χ1v) is 7.44. The third-order valence-electron chi connectivity index (χ3n) is 2.45. The van der Waals surface area contributed by atoms with Gasteiger partial charge in [-0.3, -0.25) is 9.59 Å². The number of hydrogen-bond donors (Lipinski definition) is 2. The van der Waals surface area contributed by atoms with Crippen LogP contribution >= 0.6 is 0 Å². The van der Waals surface area contributed by atoms with E-state index in [0.29, 0.717) is 0 Å². The van der Waals surface area contributed by atoms with E-state index in [-0.39, 0.29) is 17.9 Å². The van der Waals surface area contributed by atoms with Crippen LogP contribution < -0.4 is 10.5 Å². The van der Waals surface area contributed by atoms with Gasteiger partial charge in [0.25, 0.3) is 5.91 Å². The predicted molar refractivity (Wildman–Crippen MR) is 71.0 cm³/mol. The number of hydrogen-bond acceptors (Lipinski definition) is 5. The Balaban J connectivity index is 2.49. The Bertz CT molecular complexity index is 615. The SMILES string of the molecule is CC(OC(=O)CCNS(=O)(=O)c1ccc(F)cc1)C(N)=O. The zero-order valence-electron chi connectivity index (χ0n) is 11.2. The fourth-order valence-electron chi connectivity index (χ4n) is 1.30. The quantitative estimate of drug-likeness (QED) is 0.682. The van der Waals surface area contributed by atoms with E-state index >= 15 is 0 Å². The summed E-state index contributed by atoms with van der Waals surface area (Å²) in [6, 6.07) is 4.23. The zero-order valence-corrected chi connectivity index (χ0v) is 12.0. The molecule has 0 aliphatic carbocycles. The lowest BCUT2D eigenvalue weighted by Gasteiger charge is -2.10. The number of carbonyl (C=O) groups excluding carboxylic acids is 2. The minimum atomic E-state index is -3.83. The molecule has 9 heteroatoms. The Morgan fingerprint density at radius 2 is 1.90 bits per heavy atom. The van der Waals surface area contributed by atoms with E-state index in [2.05, 4.69) is 9.46 Å². The third-order valence-corrected chi connectivity index (χ3v) is 3.93. The summed E-state index contributed by atoms with van der Waals surface area (Å²) in [7, 11) is -3.83. The molecule has 0 radical (unpaired) electrons. The zero-order chi connectivity index (χ0) is 16.0. The molecule has 7 nitrogen and oxygen atoms in total. The average molecular weight is 318 g/mol. The Morgan fingerprint density at radius 1 is 1.33 bits per heavy atom. The minimum Gasteiger partial charge on any atom is -0.453 e. The first-order chi connectivity index (χ1) is 9.72. The van der Waals surface area contributed by atoms with Gasteiger partial charge < -0.3 is 10.5 Å². The first-order valence-electron chi connectivity index (χ1n) is 5.96. The van der Waals surface area contributed by atoms with Crippen molar-refractivity contribution >= 4 is 21.9 Å². The van der Waals surface area contributed by atoms with Crippen LogP contribution in [-0.2, 0) is 24.3 Å². The van der Waals surface area contributed by atoms with Gasteiger partial charge in [-0.1, -0.05) is 0 Å². The maximum atomic E-state index is 12.7. The monoisotopic (exact) mass is 318 g/mol. The fraction of sp³-hybridized carbons (Fsp3) is 0.333. The molecule has 0 bridgehead atoms. The highest BCUT2D eigenvalue weighted by Gasteiger charge is 2.17. The molecular weight excluding hydrogens is 303 g/mol. The molecule has 0 heterocycles. The summed E-state index contributed by atoms with van der Waals surface area (Å²) in [6.07, 6.45) is -1.34. The molecule has 1 aromatic rings. The van der Waals surface area contributed by atoms with Crippen molar-refractivity contribution in [2.45, 2.75) is 24.3 Å². The number of rotatable bonds is 7. The molecule has 0 aliphatic heterocycles. The van der Waals surface area contributed by atoms with Crippen molar-refractivity contribution in [3.8, 4) is 0 Å². The fourth-order valence-corrected chi connectivity index (χ4v) is 2.33. The van der Waals surface area contributed by atoms with E-state index in [1.165, 1.54) is 6.92 Å². The number of nitrogens with two attached hydrogens (primary N) is 1. The van der Waals surface area contributed by atoms with Gasteiger partial charge in [0, 0.05) is 6.54 Å². The lowest BCUT2D eigenvalue weighted by atomic mass is 10.4. The smallest absolute Gasteiger partial charge is 0.307 e. The van der Waals surface area contributed by atoms with Crippen LogP contribution in [-0.4, -0.2) is 32.9 Å². The molecule has 0 fully saturated rings. The number of ether oxygens (including phenoxy) is 1. The summed E-state index contributed by atoms with van der Waals surface area (Å²) in [5.41, 5.74) is 4.91. The predicted octanol–water partition coefficient (Wildman–Crippen LogP) is -0.0889. The van der Waals surface area contributed by atoms with Crippen LogP contribution in [0.1, 0.15) is 13.3 Å². The lowest BCUT2D eigenvalue weighted by Crippen LogP contribution is -2.32. The molecule has 0 saturated heterocycles. The Hall–Kier alpha value is -2.00. The first kappa shape index (κ1) is 17.1. The van der Waals surface area contributed by atoms with Crippen LogP contribution in [0.5, 0.6) is 0 Å². The van der Waals surface area contributed by atoms with Crippen LogP contribution in [0.3, 0.4) is 0 Å². The number of nitrogens with one attached hydrogen (secondary N) is 1. The summed E-state index contributed by atoms with van der Waals surface area (Å²) in [6.45, 7) is 1.09. The Morgan fingerprint density at radius 3 is 2.43 bits per heavy atom. The molecule has 3 N–H and O–H groups in total. The highest BCUT2D eigenvalue weighted by molar-refractivity contribution is 7.89. The molecule has 1 rings (SSSR count). The number of esters is 1. The molecule has 0 spiro atoms. The van der Waals surface area contributed by atoms with Crippen LogP contribution in [0.25, 0.3) is 0 Å². The maximum absolute atomic E-state index is 12.7. The van der Waals surface area contributed by atoms with Crippen molar-refractivity contribution in [1.29, 1.82) is 0 Å². The summed E-state index contributed by atoms with van der Waals surface area (Å²) < 4.78 is 43.1. The third kappa shape index (κ3) is 5.48. The molecular formula is C12H15FN2O5S. The van der Waals surface area contributed by atoms with Crippen molar-refractivity contribution in [3.63, 3.8) is 0 Å². The van der Waals surface area contributed by atoms with Gasteiger partial charge in [-0.2, -0.15) is 0 Å². The van der Waals surface area contributed by atoms with Gasteiger partial charge in [-0.05, 0) is 31.2 Å². The van der Waals surface area contributed by atoms with Crippen LogP contribution in [0.15, 0.2) is 29.2 Å². The second-order valence-electron chi connectivity index (χ2n) is 4.14. The molecule has 1 atom stereocenters. The Labute approximate surface area is 121 Å². The van der Waals surface area contributed by atoms with Gasteiger partial charge >= 0.3 is 5.97 Å². The van der Waals surface area contributed by atoms with Crippen molar-refractivity contribution in [2.24, 2.45) is 5.73 Å². The number of carbonyl (C=O) groups is 2. The molecule has 116 valence electrons. The number of halogens is 1. The van der Waals surface area contributed by atoms with Crippen LogP contribution in [0.4, 0.5) is 4.39 Å². The van der Waals surface area contributed by atoms with E-state index in [1.54, 1.807) is 0 Å². The van der Waals surface area contributed by atoms with Crippen LogP contribution in [0.2, 0.25) is 0 Å². The van der Waals surface area contributed by atoms with Crippen LogP contribution in [0, 0.1) is 5.82 Å². The van der Waals surface area contributed by atoms with Crippen molar-refractivity contribution in [1.82, 2.24) is 4.72 Å². The number of primary amides is 1. The summed E-state index contributed by atoms with van der Waals surface area (Å²) in [5.74, 6) is -2.11. The molecule has 0 aliphatic rings. The molecule has 0 saturated carbocycles. The molecule has 0 aromatic heterocycles. The van der Waals surface area contributed by atoms with Crippen molar-refractivity contribution in [2.75, 3.05) is 6.54 Å². The van der Waals surface area contributed by atoms with Gasteiger partial charge in [0.05, 0.1) is 11.3 Å². The number of benzene rings is 1. The standard InChI is InChI=1S/C12H15FN2O5S/c1-8(12(14)17)20-11(16)6-7-15-21(18,19)10-4-2-9(13)3-5-10/h2-5,8,15H,6-7H2,1H3,(H2,14,17). The van der Waals surface area contributed by atoms with Gasteiger partial charge in [-0.15, -0.1) is 0 Å². The second-order valence-corrected chi connectivity index (χ2v) is 5.90. The molecule has 1 unspecified atom stereocenters. The van der Waals surface area contributed by atoms with Gasteiger partial charge in [0.1, 0.15) is 5.82 Å². The highest BCUT2D eigenvalue weighted by atomic mass is 32.2. The number of sulfonamides is 1. The molecule has 1 aromatic carbocycles. The molecule has 21 heavy (non-hydrogen) atoms. The van der Waals surface area contributed by atoms with Gasteiger partial charge in [0.2, 0.25) is 10.0 Å². The van der Waals surface area contributed by atoms with Crippen molar-refractivity contribution in [3.05, 3.63) is 30.1 Å². The van der Waals surface area contributed by atoms with E-state index in [4.69, 9.17) is 5.73 Å². The second kappa shape index (κ2) is 7.14. The van der Waals surface area contributed by atoms with E-state index in [1.807, 2.05) is 0 Å². The topological polar surface area (TPSA) is 116 Å². The Kier molecular flexibility index (Phi) is 5.79. The average Bonchev–Trinajstić information content (AvgIpc) is 2.38. The van der Waals surface area contributed by atoms with Crippen molar-refractivity contribution < 1.29 is 27.1 Å². The van der Waals surface area contributed by atoms with E-state index in [0.717, 1.165) is 24.3 Å². The summed E-state index contributed by atoms with van der Waals surface area (Å²) in [5, 5.41) is 0. The van der Waals surface area contributed by atoms with E-state index < -0.39 is 33.8 Å². The van der Waals surface area contributed by atoms with Gasteiger partial charge in [0.15, 0.2) is 6.10 Å². The highest BCUT2D eigenvalue weighted by Crippen LogP contribution is 2.09. The van der Waals surface area contributed by atoms with Gasteiger partial charge in [-0.25, -0.2) is 17.5 Å². The summed E-state index contributed by atoms with van der Waals surface area (Å²) in [4.78, 5) is 21.9. The lowest BCUT2D eigenvalue weighted by molar-refractivity contribution is -0.153. The normalized spacial score (nSPS) is 12.7. The number of amides is 1. The summed E-state index contributed by atoms with van der Waals surface area (Å²) >= 11 is 0. The minimum absolute atomic E-state index is 0.122. The molecule has 1 amide bonds. The largest absolute Gasteiger partial charge is 0.453 e. The van der Waals surface area contributed by atoms with E-state index in [9.17, 15) is 22.4 Å². The maximum Gasteiger partial charge on any atom is 0.307 e.